The molecule has 1 aromatic carbocycles. The third kappa shape index (κ3) is 4.35. The maximum atomic E-state index is 5.45. The molecule has 4 heteroatoms. The molecule has 0 fully saturated rings. The molecule has 0 unspecified atom stereocenters. The van der Waals surface area contributed by atoms with Crippen LogP contribution >= 0.6 is 12.4 Å². The summed E-state index contributed by atoms with van der Waals surface area (Å²) >= 11 is 0. The second-order valence-corrected chi connectivity index (χ2v) is 2.63. The summed E-state index contributed by atoms with van der Waals surface area (Å²) < 4.78 is 10.5. The van der Waals surface area contributed by atoms with Crippen molar-refractivity contribution in [1.29, 1.82) is 0 Å². The molecular formula is C10H16ClNO2. The van der Waals surface area contributed by atoms with Gasteiger partial charge >= 0.3 is 0 Å². The predicted octanol–water partition coefficient (Wildman–Crippen LogP) is 1.72. The van der Waals surface area contributed by atoms with Crippen LogP contribution < -0.4 is 14.8 Å². The Morgan fingerprint density at radius 2 is 2.00 bits per heavy atom. The van der Waals surface area contributed by atoms with Crippen molar-refractivity contribution in [3.63, 3.8) is 0 Å². The molecule has 1 N–H and O–H groups in total. The molecule has 80 valence electrons. The van der Waals surface area contributed by atoms with Gasteiger partial charge in [0.15, 0.2) is 0 Å². The minimum absolute atomic E-state index is 0. The van der Waals surface area contributed by atoms with Crippen LogP contribution in [0, 0.1) is 0 Å². The van der Waals surface area contributed by atoms with Gasteiger partial charge in [-0.2, -0.15) is 0 Å². The molecule has 0 atom stereocenters. The number of likely N-dealkylation sites (N-methyl/N-ethyl adjacent to an activating group) is 1. The zero-order valence-corrected chi connectivity index (χ0v) is 9.26. The predicted molar refractivity (Wildman–Crippen MR) is 59.7 cm³/mol. The zero-order chi connectivity index (χ0) is 9.52. The Hall–Kier alpha value is -0.930. The molecule has 0 aromatic heterocycles. The lowest BCUT2D eigenvalue weighted by atomic mass is 10.3. The van der Waals surface area contributed by atoms with E-state index in [0.29, 0.717) is 6.61 Å². The van der Waals surface area contributed by atoms with Crippen LogP contribution in [0.4, 0.5) is 0 Å². The van der Waals surface area contributed by atoms with E-state index in [0.717, 1.165) is 18.0 Å². The average molecular weight is 218 g/mol. The van der Waals surface area contributed by atoms with Crippen LogP contribution in [0.1, 0.15) is 0 Å². The molecule has 3 nitrogen and oxygen atoms in total. The van der Waals surface area contributed by atoms with Gasteiger partial charge in [0.05, 0.1) is 7.11 Å². The van der Waals surface area contributed by atoms with Gasteiger partial charge in [-0.15, -0.1) is 12.4 Å². The van der Waals surface area contributed by atoms with Crippen LogP contribution in [0.15, 0.2) is 24.3 Å². The normalized spacial score (nSPS) is 9.00. The standard InChI is InChI=1S/C10H15NO2.ClH/c1-11-6-7-13-10-5-3-4-9(8-10)12-2;/h3-5,8,11H,6-7H2,1-2H3;1H. The largest absolute Gasteiger partial charge is 0.497 e. The monoisotopic (exact) mass is 217 g/mol. The van der Waals surface area contributed by atoms with Crippen molar-refractivity contribution in [1.82, 2.24) is 5.32 Å². The maximum Gasteiger partial charge on any atom is 0.123 e. The van der Waals surface area contributed by atoms with Crippen LogP contribution in [-0.4, -0.2) is 27.3 Å². The quantitative estimate of drug-likeness (QED) is 0.762. The van der Waals surface area contributed by atoms with Gasteiger partial charge in [-0.3, -0.25) is 0 Å². The fourth-order valence-corrected chi connectivity index (χ4v) is 0.962. The number of benzene rings is 1. The molecule has 0 heterocycles. The lowest BCUT2D eigenvalue weighted by Crippen LogP contribution is -2.15. The molecule has 0 saturated carbocycles. The average Bonchev–Trinajstić information content (AvgIpc) is 2.19. The Balaban J connectivity index is 0.00000169. The summed E-state index contributed by atoms with van der Waals surface area (Å²) in [5.41, 5.74) is 0. The highest BCUT2D eigenvalue weighted by molar-refractivity contribution is 5.85. The van der Waals surface area contributed by atoms with Gasteiger partial charge in [-0.25, -0.2) is 0 Å². The van der Waals surface area contributed by atoms with Gasteiger partial charge < -0.3 is 14.8 Å². The number of halogens is 1. The first-order valence-corrected chi connectivity index (χ1v) is 4.28. The number of ether oxygens (including phenoxy) is 2. The van der Waals surface area contributed by atoms with Gasteiger partial charge in [-0.1, -0.05) is 6.07 Å². The molecule has 0 bridgehead atoms. The fraction of sp³-hybridized carbons (Fsp3) is 0.400. The van der Waals surface area contributed by atoms with E-state index in [9.17, 15) is 0 Å². The van der Waals surface area contributed by atoms with Crippen LogP contribution in [0.2, 0.25) is 0 Å². The zero-order valence-electron chi connectivity index (χ0n) is 8.45. The lowest BCUT2D eigenvalue weighted by molar-refractivity contribution is 0.315. The van der Waals surface area contributed by atoms with E-state index in [1.54, 1.807) is 7.11 Å². The molecule has 0 amide bonds. The number of methoxy groups -OCH3 is 1. The van der Waals surface area contributed by atoms with Crippen LogP contribution in [-0.2, 0) is 0 Å². The molecular weight excluding hydrogens is 202 g/mol. The van der Waals surface area contributed by atoms with Gasteiger partial charge in [0, 0.05) is 12.6 Å². The number of hydrogen-bond acceptors (Lipinski definition) is 3. The highest BCUT2D eigenvalue weighted by Crippen LogP contribution is 2.18. The van der Waals surface area contributed by atoms with Gasteiger partial charge in [0.2, 0.25) is 0 Å². The Labute approximate surface area is 90.8 Å². The third-order valence-electron chi connectivity index (χ3n) is 1.66. The van der Waals surface area contributed by atoms with Crippen molar-refractivity contribution in [2.24, 2.45) is 0 Å². The minimum atomic E-state index is 0. The fourth-order valence-electron chi connectivity index (χ4n) is 0.962. The second kappa shape index (κ2) is 7.47. The Morgan fingerprint density at radius 1 is 1.29 bits per heavy atom. The summed E-state index contributed by atoms with van der Waals surface area (Å²) in [4.78, 5) is 0. The molecule has 1 aromatic rings. The van der Waals surface area contributed by atoms with E-state index in [2.05, 4.69) is 5.32 Å². The molecule has 0 aliphatic heterocycles. The van der Waals surface area contributed by atoms with Crippen LogP contribution in [0.25, 0.3) is 0 Å². The van der Waals surface area contributed by atoms with Gasteiger partial charge in [0.25, 0.3) is 0 Å². The summed E-state index contributed by atoms with van der Waals surface area (Å²) in [6.45, 7) is 1.51. The van der Waals surface area contributed by atoms with Crippen LogP contribution in [0.5, 0.6) is 11.5 Å². The Morgan fingerprint density at radius 3 is 2.64 bits per heavy atom. The summed E-state index contributed by atoms with van der Waals surface area (Å²) in [5, 5.41) is 3.01. The van der Waals surface area contributed by atoms with Crippen molar-refractivity contribution < 1.29 is 9.47 Å². The Kier molecular flexibility index (Phi) is 6.98. The van der Waals surface area contributed by atoms with Crippen molar-refractivity contribution in [3.05, 3.63) is 24.3 Å². The van der Waals surface area contributed by atoms with Crippen molar-refractivity contribution in [2.75, 3.05) is 27.3 Å². The van der Waals surface area contributed by atoms with E-state index < -0.39 is 0 Å². The summed E-state index contributed by atoms with van der Waals surface area (Å²) in [6, 6.07) is 7.59. The molecule has 14 heavy (non-hydrogen) atoms. The highest BCUT2D eigenvalue weighted by atomic mass is 35.5. The van der Waals surface area contributed by atoms with Crippen molar-refractivity contribution >= 4 is 12.4 Å². The van der Waals surface area contributed by atoms with E-state index in [1.807, 2.05) is 31.3 Å². The molecule has 0 spiro atoms. The molecule has 0 radical (unpaired) electrons. The SMILES string of the molecule is CNCCOc1cccc(OC)c1.Cl. The van der Waals surface area contributed by atoms with E-state index in [4.69, 9.17) is 9.47 Å². The number of hydrogen-bond donors (Lipinski definition) is 1. The van der Waals surface area contributed by atoms with Crippen molar-refractivity contribution in [2.45, 2.75) is 0 Å². The lowest BCUT2D eigenvalue weighted by Gasteiger charge is -2.06. The summed E-state index contributed by atoms with van der Waals surface area (Å²) in [5.74, 6) is 1.66. The van der Waals surface area contributed by atoms with E-state index in [-0.39, 0.29) is 12.4 Å². The van der Waals surface area contributed by atoms with Crippen LogP contribution in [0.3, 0.4) is 0 Å². The molecule has 0 saturated heterocycles. The molecule has 0 aliphatic carbocycles. The number of rotatable bonds is 5. The Bertz CT molecular complexity index is 256. The number of nitrogens with one attached hydrogen (secondary N) is 1. The van der Waals surface area contributed by atoms with Crippen molar-refractivity contribution in [3.8, 4) is 11.5 Å². The van der Waals surface area contributed by atoms with E-state index >= 15 is 0 Å². The molecule has 1 rings (SSSR count). The second-order valence-electron chi connectivity index (χ2n) is 2.63. The first-order chi connectivity index (χ1) is 6.36. The van der Waals surface area contributed by atoms with Gasteiger partial charge in [-0.05, 0) is 19.2 Å². The summed E-state index contributed by atoms with van der Waals surface area (Å²) in [6.07, 6.45) is 0. The summed E-state index contributed by atoms with van der Waals surface area (Å²) in [7, 11) is 3.54. The van der Waals surface area contributed by atoms with E-state index in [1.165, 1.54) is 0 Å². The first-order valence-electron chi connectivity index (χ1n) is 4.28. The van der Waals surface area contributed by atoms with Gasteiger partial charge in [0.1, 0.15) is 18.1 Å². The third-order valence-corrected chi connectivity index (χ3v) is 1.66. The first kappa shape index (κ1) is 13.1. The molecule has 0 aliphatic rings. The topological polar surface area (TPSA) is 30.5 Å². The highest BCUT2D eigenvalue weighted by Gasteiger charge is 1.94. The minimum Gasteiger partial charge on any atom is -0.497 e. The maximum absolute atomic E-state index is 5.45. The smallest absolute Gasteiger partial charge is 0.123 e.